The summed E-state index contributed by atoms with van der Waals surface area (Å²) in [5.74, 6) is 0.361. The van der Waals surface area contributed by atoms with Gasteiger partial charge in [-0.2, -0.15) is 0 Å². The van der Waals surface area contributed by atoms with Gasteiger partial charge in [0.25, 0.3) is 0 Å². The van der Waals surface area contributed by atoms with Crippen LogP contribution in [-0.4, -0.2) is 33.0 Å². The second kappa shape index (κ2) is 12.2. The van der Waals surface area contributed by atoms with Gasteiger partial charge in [-0.1, -0.05) is 85.4 Å². The summed E-state index contributed by atoms with van der Waals surface area (Å²) >= 11 is 10.0. The van der Waals surface area contributed by atoms with Gasteiger partial charge in [0.05, 0.1) is 0 Å². The van der Waals surface area contributed by atoms with Crippen molar-refractivity contribution >= 4 is 62.5 Å². The van der Waals surface area contributed by atoms with Crippen LogP contribution in [0.2, 0.25) is 0 Å². The number of hydrogen-bond acceptors (Lipinski definition) is 3. The van der Waals surface area contributed by atoms with Gasteiger partial charge in [-0.25, -0.2) is 0 Å². The third-order valence-electron chi connectivity index (χ3n) is 6.22. The molecule has 3 aromatic carbocycles. The molecule has 1 N–H and O–H groups in total. The van der Waals surface area contributed by atoms with E-state index in [1.54, 1.807) is 0 Å². The zero-order chi connectivity index (χ0) is 23.9. The van der Waals surface area contributed by atoms with Crippen LogP contribution in [0.25, 0.3) is 0 Å². The Morgan fingerprint density at radius 3 is 2.44 bits per heavy atom. The third kappa shape index (κ3) is 6.61. The molecule has 3 aromatic rings. The molecule has 1 aliphatic rings. The number of rotatable bonds is 7. The lowest BCUT2D eigenvalue weighted by atomic mass is 9.92. The Morgan fingerprint density at radius 1 is 1.03 bits per heavy atom. The molecule has 176 valence electrons. The lowest BCUT2D eigenvalue weighted by molar-refractivity contribution is 0.487. The van der Waals surface area contributed by atoms with Crippen molar-refractivity contribution in [1.29, 1.82) is 0 Å². The highest BCUT2D eigenvalue weighted by atomic mass is 127. The van der Waals surface area contributed by atoms with Crippen molar-refractivity contribution in [3.8, 4) is 0 Å². The third-order valence-corrected chi connectivity index (χ3v) is 8.49. The Hall–Kier alpha value is -1.90. The summed E-state index contributed by atoms with van der Waals surface area (Å²) in [7, 11) is 0. The summed E-state index contributed by atoms with van der Waals surface area (Å²) in [5, 5.41) is 5.59. The van der Waals surface area contributed by atoms with E-state index >= 15 is 0 Å². The molecule has 3 nitrogen and oxygen atoms in total. The summed E-state index contributed by atoms with van der Waals surface area (Å²) in [6.45, 7) is 5.23. The normalized spacial score (nSPS) is 19.9. The summed E-state index contributed by atoms with van der Waals surface area (Å²) in [5.41, 5.74) is 3.73. The number of hydrogen-bond donors (Lipinski definition) is 1. The SMILES string of the molecule is CC1SC(=NCC(CCc2ccccc2)c2ccccc2)N(C(=S)Nc2cccc(I)c2)C1C. The topological polar surface area (TPSA) is 27.6 Å². The number of nitrogens with zero attached hydrogens (tertiary/aromatic N) is 2. The zero-order valence-corrected chi connectivity index (χ0v) is 23.3. The van der Waals surface area contributed by atoms with E-state index in [2.05, 4.69) is 126 Å². The van der Waals surface area contributed by atoms with Crippen molar-refractivity contribution in [2.45, 2.75) is 43.9 Å². The Labute approximate surface area is 226 Å². The standard InChI is InChI=1S/C28H30IN3S2/c1-20-21(2)34-28(32(20)27(33)31-26-15-9-14-25(29)18-26)30-19-24(23-12-7-4-8-13-23)17-16-22-10-5-3-6-11-22/h3-15,18,20-21,24H,16-17,19H2,1-2H3,(H,31,33). The first-order chi connectivity index (χ1) is 16.5. The van der Waals surface area contributed by atoms with Gasteiger partial charge < -0.3 is 5.32 Å². The van der Waals surface area contributed by atoms with Gasteiger partial charge >= 0.3 is 0 Å². The van der Waals surface area contributed by atoms with Crippen LogP contribution < -0.4 is 5.32 Å². The maximum atomic E-state index is 5.85. The fourth-order valence-electron chi connectivity index (χ4n) is 4.10. The van der Waals surface area contributed by atoms with E-state index in [0.29, 0.717) is 16.3 Å². The molecule has 0 aliphatic carbocycles. The van der Waals surface area contributed by atoms with Crippen LogP contribution in [0.15, 0.2) is 89.9 Å². The molecule has 6 heteroatoms. The molecule has 0 aromatic heterocycles. The summed E-state index contributed by atoms with van der Waals surface area (Å²) in [4.78, 5) is 7.35. The predicted octanol–water partition coefficient (Wildman–Crippen LogP) is 7.59. The maximum Gasteiger partial charge on any atom is 0.179 e. The average Bonchev–Trinajstić information content (AvgIpc) is 3.13. The van der Waals surface area contributed by atoms with Gasteiger partial charge in [0.1, 0.15) is 0 Å². The molecule has 0 spiro atoms. The number of benzene rings is 3. The van der Waals surface area contributed by atoms with Gasteiger partial charge in [-0.05, 0) is 83.9 Å². The minimum absolute atomic E-state index is 0.283. The van der Waals surface area contributed by atoms with E-state index in [1.165, 1.54) is 14.7 Å². The molecule has 1 aliphatic heterocycles. The highest BCUT2D eigenvalue weighted by Gasteiger charge is 2.36. The number of aryl methyl sites for hydroxylation is 1. The fraction of sp³-hybridized carbons (Fsp3) is 0.286. The molecule has 0 bridgehead atoms. The molecule has 1 heterocycles. The Bertz CT molecular complexity index is 1120. The van der Waals surface area contributed by atoms with Crippen LogP contribution in [0, 0.1) is 3.57 Å². The molecule has 0 radical (unpaired) electrons. The number of nitrogens with one attached hydrogen (secondary N) is 1. The van der Waals surface area contributed by atoms with Gasteiger partial charge in [0, 0.05) is 33.0 Å². The van der Waals surface area contributed by atoms with Crippen molar-refractivity contribution in [2.24, 2.45) is 4.99 Å². The number of amidine groups is 1. The van der Waals surface area contributed by atoms with E-state index < -0.39 is 0 Å². The molecule has 1 fully saturated rings. The molecule has 1 saturated heterocycles. The largest absolute Gasteiger partial charge is 0.332 e. The van der Waals surface area contributed by atoms with Crippen LogP contribution in [-0.2, 0) is 6.42 Å². The fourth-order valence-corrected chi connectivity index (χ4v) is 6.25. The van der Waals surface area contributed by atoms with Crippen LogP contribution in [0.5, 0.6) is 0 Å². The number of aliphatic imine (C=N–C) groups is 1. The van der Waals surface area contributed by atoms with Crippen molar-refractivity contribution < 1.29 is 0 Å². The first-order valence-electron chi connectivity index (χ1n) is 11.7. The second-order valence-electron chi connectivity index (χ2n) is 8.63. The monoisotopic (exact) mass is 599 g/mol. The lowest BCUT2D eigenvalue weighted by Gasteiger charge is -2.26. The minimum atomic E-state index is 0.283. The molecule has 0 amide bonds. The summed E-state index contributed by atoms with van der Waals surface area (Å²) in [6.07, 6.45) is 2.10. The number of anilines is 1. The average molecular weight is 600 g/mol. The van der Waals surface area contributed by atoms with Crippen LogP contribution in [0.4, 0.5) is 5.69 Å². The Morgan fingerprint density at radius 2 is 1.74 bits per heavy atom. The van der Waals surface area contributed by atoms with Gasteiger partial charge in [0.2, 0.25) is 0 Å². The first kappa shape index (κ1) is 25.2. The molecule has 3 unspecified atom stereocenters. The molecular formula is C28H30IN3S2. The summed E-state index contributed by atoms with van der Waals surface area (Å²) < 4.78 is 1.18. The smallest absolute Gasteiger partial charge is 0.179 e. The van der Waals surface area contributed by atoms with Gasteiger partial charge in [0.15, 0.2) is 10.3 Å². The van der Waals surface area contributed by atoms with Crippen molar-refractivity contribution in [3.63, 3.8) is 0 Å². The Balaban J connectivity index is 1.51. The molecule has 34 heavy (non-hydrogen) atoms. The quantitative estimate of drug-likeness (QED) is 0.224. The highest BCUT2D eigenvalue weighted by Crippen LogP contribution is 2.33. The molecular weight excluding hydrogens is 569 g/mol. The van der Waals surface area contributed by atoms with Crippen molar-refractivity contribution in [2.75, 3.05) is 11.9 Å². The van der Waals surface area contributed by atoms with E-state index in [9.17, 15) is 0 Å². The number of thiocarbonyl (C=S) groups is 1. The van der Waals surface area contributed by atoms with Crippen molar-refractivity contribution in [3.05, 3.63) is 99.6 Å². The number of halogens is 1. The maximum absolute atomic E-state index is 5.85. The molecule has 0 saturated carbocycles. The van der Waals surface area contributed by atoms with Gasteiger partial charge in [-0.15, -0.1) is 0 Å². The van der Waals surface area contributed by atoms with E-state index in [4.69, 9.17) is 17.2 Å². The van der Waals surface area contributed by atoms with E-state index in [-0.39, 0.29) is 6.04 Å². The highest BCUT2D eigenvalue weighted by molar-refractivity contribution is 14.1. The molecule has 3 atom stereocenters. The predicted molar refractivity (Wildman–Crippen MR) is 160 cm³/mol. The first-order valence-corrected chi connectivity index (χ1v) is 14.0. The van der Waals surface area contributed by atoms with Crippen LogP contribution >= 0.6 is 46.6 Å². The number of thioether (sulfide) groups is 1. The van der Waals surface area contributed by atoms with Crippen LogP contribution in [0.1, 0.15) is 37.3 Å². The molecule has 4 rings (SSSR count). The lowest BCUT2D eigenvalue weighted by Crippen LogP contribution is -2.42. The summed E-state index contributed by atoms with van der Waals surface area (Å²) in [6, 6.07) is 30.1. The van der Waals surface area contributed by atoms with Gasteiger partial charge in [-0.3, -0.25) is 9.89 Å². The zero-order valence-electron chi connectivity index (χ0n) is 19.5. The van der Waals surface area contributed by atoms with E-state index in [1.807, 2.05) is 17.8 Å². The van der Waals surface area contributed by atoms with Crippen LogP contribution in [0.3, 0.4) is 0 Å². The van der Waals surface area contributed by atoms with E-state index in [0.717, 1.165) is 30.2 Å². The van der Waals surface area contributed by atoms with Crippen molar-refractivity contribution in [1.82, 2.24) is 4.90 Å². The Kier molecular flexibility index (Phi) is 9.03. The second-order valence-corrected chi connectivity index (χ2v) is 11.6. The minimum Gasteiger partial charge on any atom is -0.332 e.